The predicted molar refractivity (Wildman–Crippen MR) is 202 cm³/mol. The van der Waals surface area contributed by atoms with E-state index in [2.05, 4.69) is 181 Å². The summed E-state index contributed by atoms with van der Waals surface area (Å²) in [4.78, 5) is 2.47. The average molecular weight is 614 g/mol. The molecule has 2 aliphatic carbocycles. The third-order valence-electron chi connectivity index (χ3n) is 10.1. The van der Waals surface area contributed by atoms with Crippen molar-refractivity contribution in [1.82, 2.24) is 0 Å². The maximum atomic E-state index is 6.46. The summed E-state index contributed by atoms with van der Waals surface area (Å²) < 4.78 is 6.46. The highest BCUT2D eigenvalue weighted by Crippen LogP contribution is 2.49. The van der Waals surface area contributed by atoms with Gasteiger partial charge in [0, 0.05) is 39.5 Å². The fourth-order valence-electron chi connectivity index (χ4n) is 7.87. The second-order valence-electron chi connectivity index (χ2n) is 12.9. The normalized spacial score (nSPS) is 16.7. The summed E-state index contributed by atoms with van der Waals surface area (Å²) in [5.74, 6) is 0.549. The van der Waals surface area contributed by atoms with Crippen molar-refractivity contribution in [3.8, 4) is 11.1 Å². The highest BCUT2D eigenvalue weighted by atomic mass is 16.3. The van der Waals surface area contributed by atoms with Crippen molar-refractivity contribution in [2.45, 2.75) is 5.92 Å². The van der Waals surface area contributed by atoms with Gasteiger partial charge in [0.25, 0.3) is 0 Å². The zero-order chi connectivity index (χ0) is 31.6. The molecule has 0 saturated heterocycles. The molecular formula is C46H31NO. The monoisotopic (exact) mass is 613 g/mol. The smallest absolute Gasteiger partial charge is 0.136 e. The first-order valence-corrected chi connectivity index (χ1v) is 16.7. The third kappa shape index (κ3) is 4.27. The van der Waals surface area contributed by atoms with Crippen molar-refractivity contribution >= 4 is 60.6 Å². The van der Waals surface area contributed by atoms with Crippen LogP contribution in [0.4, 0.5) is 11.4 Å². The lowest BCUT2D eigenvalue weighted by Gasteiger charge is -2.37. The summed E-state index contributed by atoms with van der Waals surface area (Å²) in [6.07, 6.45) is 11.6. The van der Waals surface area contributed by atoms with Gasteiger partial charge in [-0.15, -0.1) is 0 Å². The molecule has 2 heteroatoms. The van der Waals surface area contributed by atoms with Gasteiger partial charge in [0.2, 0.25) is 0 Å². The van der Waals surface area contributed by atoms with E-state index >= 15 is 0 Å². The first-order chi connectivity index (χ1) is 23.8. The van der Waals surface area contributed by atoms with Crippen molar-refractivity contribution in [3.05, 3.63) is 187 Å². The quantitative estimate of drug-likeness (QED) is 0.196. The van der Waals surface area contributed by atoms with Gasteiger partial charge in [-0.1, -0.05) is 134 Å². The van der Waals surface area contributed by atoms with Gasteiger partial charge < -0.3 is 9.32 Å². The van der Waals surface area contributed by atoms with Gasteiger partial charge in [-0.2, -0.15) is 0 Å². The maximum absolute atomic E-state index is 6.46. The van der Waals surface area contributed by atoms with Gasteiger partial charge in [0.1, 0.15) is 11.2 Å². The van der Waals surface area contributed by atoms with Crippen molar-refractivity contribution in [2.24, 2.45) is 5.92 Å². The molecule has 2 nitrogen and oxygen atoms in total. The van der Waals surface area contributed by atoms with Crippen LogP contribution in [0.25, 0.3) is 60.3 Å². The molecule has 2 atom stereocenters. The van der Waals surface area contributed by atoms with Crippen LogP contribution in [0.15, 0.2) is 180 Å². The summed E-state index contributed by atoms with van der Waals surface area (Å²) in [5.41, 5.74) is 10.3. The number of hydrogen-bond acceptors (Lipinski definition) is 2. The largest absolute Gasteiger partial charge is 0.456 e. The third-order valence-corrected chi connectivity index (χ3v) is 10.1. The van der Waals surface area contributed by atoms with Crippen molar-refractivity contribution < 1.29 is 4.42 Å². The Kier molecular flexibility index (Phi) is 6.04. The molecule has 1 heterocycles. The number of furan rings is 1. The standard InChI is InChI=1S/C46H31NO/c1-2-11-30(12-3-1)32-17-10-18-36(25-32)47(37-22-24-44-42(29-37)41-26-33-14-4-5-15-34(33)28-45(41)48-44)43-27-35-16-7-8-19-38(35)40-23-21-31-13-6-9-20-39(31)46(40)43/h1-29,35,38H. The maximum Gasteiger partial charge on any atom is 0.136 e. The lowest BCUT2D eigenvalue weighted by Crippen LogP contribution is -2.24. The SMILES string of the molecule is C1=CC2C=C(N(c3cccc(-c4ccccc4)c3)c3ccc4oc5cc6ccccc6cc5c4c3)c3c(ccc4ccccc34)C2C=C1. The van der Waals surface area contributed by atoms with E-state index in [4.69, 9.17) is 4.42 Å². The second kappa shape index (κ2) is 10.7. The van der Waals surface area contributed by atoms with Crippen LogP contribution >= 0.6 is 0 Å². The van der Waals surface area contributed by atoms with E-state index in [9.17, 15) is 0 Å². The first kappa shape index (κ1) is 27.0. The molecule has 0 saturated carbocycles. The van der Waals surface area contributed by atoms with Crippen LogP contribution in [-0.2, 0) is 0 Å². The van der Waals surface area contributed by atoms with Crippen LogP contribution in [0, 0.1) is 5.92 Å². The molecule has 2 aliphatic rings. The molecular weight excluding hydrogens is 583 g/mol. The minimum Gasteiger partial charge on any atom is -0.456 e. The summed E-state index contributed by atoms with van der Waals surface area (Å²) in [6.45, 7) is 0. The van der Waals surface area contributed by atoms with E-state index < -0.39 is 0 Å². The summed E-state index contributed by atoms with van der Waals surface area (Å²) >= 11 is 0. The Labute approximate surface area is 279 Å². The molecule has 0 aliphatic heterocycles. The molecule has 48 heavy (non-hydrogen) atoms. The molecule has 0 N–H and O–H groups in total. The van der Waals surface area contributed by atoms with Gasteiger partial charge in [0.05, 0.1) is 5.70 Å². The van der Waals surface area contributed by atoms with E-state index in [-0.39, 0.29) is 5.92 Å². The minimum absolute atomic E-state index is 0.253. The molecule has 7 aromatic carbocycles. The molecule has 2 unspecified atom stereocenters. The number of benzene rings is 7. The second-order valence-corrected chi connectivity index (χ2v) is 12.9. The van der Waals surface area contributed by atoms with Crippen molar-refractivity contribution in [1.29, 1.82) is 0 Å². The summed E-state index contributed by atoms with van der Waals surface area (Å²) in [5, 5.41) is 7.16. The van der Waals surface area contributed by atoms with Crippen molar-refractivity contribution in [2.75, 3.05) is 4.90 Å². The predicted octanol–water partition coefficient (Wildman–Crippen LogP) is 12.6. The van der Waals surface area contributed by atoms with Gasteiger partial charge in [-0.3, -0.25) is 0 Å². The number of nitrogens with zero attached hydrogens (tertiary/aromatic N) is 1. The Balaban J connectivity index is 1.25. The van der Waals surface area contributed by atoms with E-state index in [1.54, 1.807) is 0 Å². The highest BCUT2D eigenvalue weighted by molar-refractivity contribution is 6.12. The number of allylic oxidation sites excluding steroid dienone is 5. The van der Waals surface area contributed by atoms with E-state index in [1.165, 1.54) is 49.5 Å². The lowest BCUT2D eigenvalue weighted by atomic mass is 9.74. The Morgan fingerprint density at radius 1 is 0.479 bits per heavy atom. The Hall–Kier alpha value is -6.12. The lowest BCUT2D eigenvalue weighted by molar-refractivity contribution is 0.669. The molecule has 0 spiro atoms. The van der Waals surface area contributed by atoms with Gasteiger partial charge in [-0.25, -0.2) is 0 Å². The Morgan fingerprint density at radius 3 is 2.10 bits per heavy atom. The molecule has 0 amide bonds. The van der Waals surface area contributed by atoms with Crippen LogP contribution < -0.4 is 4.90 Å². The van der Waals surface area contributed by atoms with Gasteiger partial charge >= 0.3 is 0 Å². The number of anilines is 2. The fourth-order valence-corrected chi connectivity index (χ4v) is 7.87. The zero-order valence-electron chi connectivity index (χ0n) is 26.3. The van der Waals surface area contributed by atoms with Crippen LogP contribution in [-0.4, -0.2) is 0 Å². The Bertz CT molecular complexity index is 2640. The van der Waals surface area contributed by atoms with Crippen LogP contribution in [0.2, 0.25) is 0 Å². The van der Waals surface area contributed by atoms with E-state index in [0.29, 0.717) is 5.92 Å². The van der Waals surface area contributed by atoms with Crippen molar-refractivity contribution in [3.63, 3.8) is 0 Å². The number of rotatable bonds is 4. The Morgan fingerprint density at radius 2 is 1.21 bits per heavy atom. The fraction of sp³-hybridized carbons (Fsp3) is 0.0435. The first-order valence-electron chi connectivity index (χ1n) is 16.7. The molecule has 0 radical (unpaired) electrons. The minimum atomic E-state index is 0.253. The molecule has 0 fully saturated rings. The highest BCUT2D eigenvalue weighted by Gasteiger charge is 2.32. The molecule has 226 valence electrons. The number of hydrogen-bond donors (Lipinski definition) is 0. The molecule has 10 rings (SSSR count). The zero-order valence-corrected chi connectivity index (χ0v) is 26.3. The van der Waals surface area contributed by atoms with Crippen LogP contribution in [0.1, 0.15) is 17.0 Å². The number of fused-ring (bicyclic) bond motifs is 9. The topological polar surface area (TPSA) is 16.4 Å². The molecule has 8 aromatic rings. The van der Waals surface area contributed by atoms with Crippen LogP contribution in [0.3, 0.4) is 0 Å². The van der Waals surface area contributed by atoms with Gasteiger partial charge in [0.15, 0.2) is 0 Å². The molecule has 0 bridgehead atoms. The van der Waals surface area contributed by atoms with E-state index in [0.717, 1.165) is 33.3 Å². The van der Waals surface area contributed by atoms with Gasteiger partial charge in [-0.05, 0) is 80.7 Å². The molecule has 1 aromatic heterocycles. The van der Waals surface area contributed by atoms with E-state index in [1.807, 2.05) is 0 Å². The summed E-state index contributed by atoms with van der Waals surface area (Å²) in [7, 11) is 0. The van der Waals surface area contributed by atoms with Crippen LogP contribution in [0.5, 0.6) is 0 Å². The summed E-state index contributed by atoms with van der Waals surface area (Å²) in [6, 6.07) is 52.7. The average Bonchev–Trinajstić information content (AvgIpc) is 3.51.